The predicted molar refractivity (Wildman–Crippen MR) is 176 cm³/mol. The average Bonchev–Trinajstić information content (AvgIpc) is 3.39. The molecule has 0 aliphatic carbocycles. The van der Waals surface area contributed by atoms with Crippen molar-refractivity contribution in [2.75, 3.05) is 30.8 Å². The van der Waals surface area contributed by atoms with Gasteiger partial charge in [0.25, 0.3) is 11.8 Å². The van der Waals surface area contributed by atoms with Gasteiger partial charge < -0.3 is 20.7 Å². The van der Waals surface area contributed by atoms with Gasteiger partial charge in [0.2, 0.25) is 0 Å². The lowest BCUT2D eigenvalue weighted by Crippen LogP contribution is -2.29. The first kappa shape index (κ1) is 29.2. The fraction of sp³-hybridized carbons (Fsp3) is 0.243. The molecule has 44 heavy (non-hydrogen) atoms. The number of piperidine rings is 1. The Bertz CT molecular complexity index is 1680. The highest BCUT2D eigenvalue weighted by Gasteiger charge is 2.29. The molecule has 0 radical (unpaired) electrons. The number of ether oxygens (including phenoxy) is 1. The Balaban J connectivity index is 1.29. The van der Waals surface area contributed by atoms with E-state index in [-0.39, 0.29) is 17.9 Å². The van der Waals surface area contributed by atoms with Crippen LogP contribution in [-0.4, -0.2) is 36.9 Å². The molecule has 0 spiro atoms. The Labute approximate surface area is 258 Å². The van der Waals surface area contributed by atoms with Crippen LogP contribution in [0.2, 0.25) is 0 Å². The van der Waals surface area contributed by atoms with Gasteiger partial charge in [0.05, 0.1) is 24.4 Å². The summed E-state index contributed by atoms with van der Waals surface area (Å²) in [5.74, 6) is 0.300. The molecular weight excluding hydrogens is 548 g/mol. The topological polar surface area (TPSA) is 82.7 Å². The van der Waals surface area contributed by atoms with E-state index < -0.39 is 0 Å². The molecule has 224 valence electrons. The molecule has 0 aromatic heterocycles. The first-order valence-corrected chi connectivity index (χ1v) is 15.3. The van der Waals surface area contributed by atoms with E-state index in [0.717, 1.165) is 42.2 Å². The minimum absolute atomic E-state index is 0.213. The van der Waals surface area contributed by atoms with Gasteiger partial charge in [0.1, 0.15) is 5.75 Å². The molecule has 0 bridgehead atoms. The van der Waals surface area contributed by atoms with Gasteiger partial charge >= 0.3 is 0 Å². The van der Waals surface area contributed by atoms with Gasteiger partial charge in [-0.2, -0.15) is 0 Å². The van der Waals surface area contributed by atoms with Crippen molar-refractivity contribution < 1.29 is 14.3 Å². The average molecular weight is 587 g/mol. The van der Waals surface area contributed by atoms with E-state index in [1.165, 1.54) is 24.8 Å². The second kappa shape index (κ2) is 13.2. The Hall–Kier alpha value is -4.88. The molecule has 2 aliphatic heterocycles. The molecule has 0 saturated carbocycles. The van der Waals surface area contributed by atoms with Crippen LogP contribution in [0.1, 0.15) is 64.8 Å². The van der Waals surface area contributed by atoms with E-state index in [9.17, 15) is 9.59 Å². The van der Waals surface area contributed by atoms with E-state index in [4.69, 9.17) is 4.74 Å². The molecule has 1 saturated heterocycles. The Kier molecular flexibility index (Phi) is 8.75. The van der Waals surface area contributed by atoms with Crippen LogP contribution < -0.4 is 20.7 Å². The van der Waals surface area contributed by atoms with Crippen LogP contribution in [0.5, 0.6) is 5.75 Å². The maximum atomic E-state index is 13.5. The molecule has 7 heteroatoms. The molecule has 3 N–H and O–H groups in total. The quantitative estimate of drug-likeness (QED) is 0.182. The number of carbonyl (C=O) groups excluding carboxylic acids is 2. The van der Waals surface area contributed by atoms with Crippen molar-refractivity contribution in [3.63, 3.8) is 0 Å². The van der Waals surface area contributed by atoms with Crippen molar-refractivity contribution in [2.24, 2.45) is 0 Å². The van der Waals surface area contributed by atoms with Crippen molar-refractivity contribution in [1.82, 2.24) is 10.2 Å². The van der Waals surface area contributed by atoms with Gasteiger partial charge in [-0.3, -0.25) is 14.5 Å². The highest BCUT2D eigenvalue weighted by molar-refractivity contribution is 6.37. The number of benzene rings is 4. The predicted octanol–water partition coefficient (Wildman–Crippen LogP) is 7.10. The second-order valence-corrected chi connectivity index (χ2v) is 11.5. The molecule has 4 aromatic carbocycles. The van der Waals surface area contributed by atoms with Crippen molar-refractivity contribution in [1.29, 1.82) is 0 Å². The van der Waals surface area contributed by atoms with Gasteiger partial charge in [-0.1, -0.05) is 61.0 Å². The number of rotatable bonds is 9. The third-order valence-electron chi connectivity index (χ3n) is 8.36. The Morgan fingerprint density at radius 1 is 0.886 bits per heavy atom. The summed E-state index contributed by atoms with van der Waals surface area (Å²) in [4.78, 5) is 29.4. The first-order chi connectivity index (χ1) is 21.5. The van der Waals surface area contributed by atoms with Gasteiger partial charge in [-0.25, -0.2) is 0 Å². The molecule has 7 nitrogen and oxygen atoms in total. The Morgan fingerprint density at radius 2 is 1.66 bits per heavy atom. The lowest BCUT2D eigenvalue weighted by molar-refractivity contribution is -0.110. The van der Waals surface area contributed by atoms with Crippen molar-refractivity contribution in [3.05, 3.63) is 125 Å². The van der Waals surface area contributed by atoms with Gasteiger partial charge in [-0.05, 0) is 92.0 Å². The number of methoxy groups -OCH3 is 1. The van der Waals surface area contributed by atoms with Crippen LogP contribution in [0.25, 0.3) is 11.3 Å². The third kappa shape index (κ3) is 6.53. The van der Waals surface area contributed by atoms with E-state index in [1.54, 1.807) is 25.3 Å². The molecular formula is C37H38N4O3. The van der Waals surface area contributed by atoms with Crippen molar-refractivity contribution >= 4 is 34.5 Å². The van der Waals surface area contributed by atoms with Gasteiger partial charge in [-0.15, -0.1) is 0 Å². The summed E-state index contributed by atoms with van der Waals surface area (Å²) in [6, 6.07) is 31.0. The Morgan fingerprint density at radius 3 is 2.41 bits per heavy atom. The van der Waals surface area contributed by atoms with E-state index >= 15 is 0 Å². The summed E-state index contributed by atoms with van der Waals surface area (Å²) in [6.07, 6.45) is 3.85. The number of nitrogens with zero attached hydrogens (tertiary/aromatic N) is 1. The SMILES string of the molecule is COc1cccc([C@H](C)NC(=O)c2ccc3c(c2)/C(=C(/Nc2ccc(CN4CCCCC4)cc2)c2ccccc2)C(=O)N3)c1. The fourth-order valence-electron chi connectivity index (χ4n) is 5.93. The van der Waals surface area contributed by atoms with Crippen LogP contribution in [0.3, 0.4) is 0 Å². The normalized spacial score (nSPS) is 16.5. The zero-order valence-electron chi connectivity index (χ0n) is 25.2. The first-order valence-electron chi connectivity index (χ1n) is 15.3. The lowest BCUT2D eigenvalue weighted by Gasteiger charge is -2.26. The van der Waals surface area contributed by atoms with Crippen LogP contribution in [-0.2, 0) is 11.3 Å². The molecule has 2 aliphatic rings. The largest absolute Gasteiger partial charge is 0.497 e. The van der Waals surface area contributed by atoms with Crippen LogP contribution in [0.4, 0.5) is 11.4 Å². The summed E-state index contributed by atoms with van der Waals surface area (Å²) < 4.78 is 5.34. The maximum absolute atomic E-state index is 13.5. The summed E-state index contributed by atoms with van der Waals surface area (Å²) >= 11 is 0. The van der Waals surface area contributed by atoms with Gasteiger partial charge in [0.15, 0.2) is 0 Å². The van der Waals surface area contributed by atoms with Crippen molar-refractivity contribution in [3.8, 4) is 5.75 Å². The number of anilines is 2. The number of fused-ring (bicyclic) bond motifs is 1. The van der Waals surface area contributed by atoms with Crippen LogP contribution in [0.15, 0.2) is 97.1 Å². The number of nitrogens with one attached hydrogen (secondary N) is 3. The van der Waals surface area contributed by atoms with E-state index in [2.05, 4.69) is 45.1 Å². The maximum Gasteiger partial charge on any atom is 0.258 e. The second-order valence-electron chi connectivity index (χ2n) is 11.5. The van der Waals surface area contributed by atoms with E-state index in [1.807, 2.05) is 61.5 Å². The highest BCUT2D eigenvalue weighted by atomic mass is 16.5. The summed E-state index contributed by atoms with van der Waals surface area (Å²) in [5, 5.41) is 9.62. The number of hydrogen-bond acceptors (Lipinski definition) is 5. The molecule has 0 unspecified atom stereocenters. The zero-order chi connectivity index (χ0) is 30.5. The lowest BCUT2D eigenvalue weighted by atomic mass is 9.98. The standard InChI is InChI=1S/C37H38N4O3/c1-25(28-12-9-13-31(22-28)44-2)38-36(42)29-16-19-33-32(23-29)34(37(43)40-33)35(27-10-5-3-6-11-27)39-30-17-14-26(15-18-30)24-41-20-7-4-8-21-41/h3,5-6,9-19,22-23,25,39H,4,7-8,20-21,24H2,1-2H3,(H,38,42)(H,40,43)/b35-34-/t25-/m0/s1. The monoisotopic (exact) mass is 586 g/mol. The number of likely N-dealkylation sites (tertiary alicyclic amines) is 1. The summed E-state index contributed by atoms with van der Waals surface area (Å²) in [5.41, 5.74) is 7.00. The molecule has 2 heterocycles. The summed E-state index contributed by atoms with van der Waals surface area (Å²) in [7, 11) is 1.62. The number of carbonyl (C=O) groups is 2. The van der Waals surface area contributed by atoms with Crippen LogP contribution in [0, 0.1) is 0 Å². The minimum atomic E-state index is -0.236. The minimum Gasteiger partial charge on any atom is -0.497 e. The summed E-state index contributed by atoms with van der Waals surface area (Å²) in [6.45, 7) is 5.19. The van der Waals surface area contributed by atoms with E-state index in [0.29, 0.717) is 28.1 Å². The number of hydrogen-bond donors (Lipinski definition) is 3. The fourth-order valence-corrected chi connectivity index (χ4v) is 5.93. The van der Waals surface area contributed by atoms with Gasteiger partial charge in [0, 0.05) is 29.0 Å². The molecule has 2 amide bonds. The van der Waals surface area contributed by atoms with Crippen LogP contribution >= 0.6 is 0 Å². The third-order valence-corrected chi connectivity index (χ3v) is 8.36. The number of amides is 2. The molecule has 1 atom stereocenters. The molecule has 4 aromatic rings. The smallest absolute Gasteiger partial charge is 0.258 e. The van der Waals surface area contributed by atoms with Crippen molar-refractivity contribution in [2.45, 2.75) is 38.8 Å². The molecule has 1 fully saturated rings. The highest BCUT2D eigenvalue weighted by Crippen LogP contribution is 2.38. The zero-order valence-corrected chi connectivity index (χ0v) is 25.2. The molecule has 6 rings (SSSR count).